The highest BCUT2D eigenvalue weighted by atomic mass is 32.2. The number of rotatable bonds is 5. The third-order valence-electron chi connectivity index (χ3n) is 2.97. The number of aryl methyl sites for hydroxylation is 1. The summed E-state index contributed by atoms with van der Waals surface area (Å²) >= 11 is 0. The van der Waals surface area contributed by atoms with Crippen LogP contribution in [0.25, 0.3) is 0 Å². The second-order valence-electron chi connectivity index (χ2n) is 4.40. The third-order valence-corrected chi connectivity index (χ3v) is 4.22. The Labute approximate surface area is 123 Å². The van der Waals surface area contributed by atoms with Crippen molar-refractivity contribution < 1.29 is 17.4 Å². The number of amides is 1. The van der Waals surface area contributed by atoms with Crippen molar-refractivity contribution in [2.45, 2.75) is 18.2 Å². The quantitative estimate of drug-likeness (QED) is 0.857. The fourth-order valence-electron chi connectivity index (χ4n) is 1.80. The molecule has 1 amide bonds. The standard InChI is InChI=1S/C15H15NO4S/c1-2-11-7-9-12(10-8-11)21(18,19)20-14-6-4-3-5-13(14)15(16)17/h3-10H,2H2,1H3,(H2,16,17). The fraction of sp³-hybridized carbons (Fsp3) is 0.133. The van der Waals surface area contributed by atoms with E-state index in [0.29, 0.717) is 0 Å². The lowest BCUT2D eigenvalue weighted by molar-refractivity contribution is 0.0999. The molecule has 0 saturated heterocycles. The van der Waals surface area contributed by atoms with E-state index in [0.717, 1.165) is 12.0 Å². The van der Waals surface area contributed by atoms with Gasteiger partial charge < -0.3 is 9.92 Å². The van der Waals surface area contributed by atoms with Gasteiger partial charge in [-0.3, -0.25) is 4.79 Å². The summed E-state index contributed by atoms with van der Waals surface area (Å²) in [6, 6.07) is 12.3. The minimum absolute atomic E-state index is 0.0197. The van der Waals surface area contributed by atoms with Crippen molar-refractivity contribution in [2.75, 3.05) is 0 Å². The molecule has 21 heavy (non-hydrogen) atoms. The summed E-state index contributed by atoms with van der Waals surface area (Å²) in [6.45, 7) is 1.98. The monoisotopic (exact) mass is 305 g/mol. The SMILES string of the molecule is CCc1ccc(S(=O)(=O)Oc2ccccc2C(N)=O)cc1. The summed E-state index contributed by atoms with van der Waals surface area (Å²) in [7, 11) is -4.00. The van der Waals surface area contributed by atoms with Gasteiger partial charge in [-0.05, 0) is 36.2 Å². The summed E-state index contributed by atoms with van der Waals surface area (Å²) in [5.41, 5.74) is 6.24. The van der Waals surface area contributed by atoms with Gasteiger partial charge in [-0.1, -0.05) is 31.2 Å². The number of hydrogen-bond acceptors (Lipinski definition) is 4. The molecule has 0 heterocycles. The third kappa shape index (κ3) is 3.41. The highest BCUT2D eigenvalue weighted by molar-refractivity contribution is 7.87. The van der Waals surface area contributed by atoms with Gasteiger partial charge in [-0.15, -0.1) is 0 Å². The van der Waals surface area contributed by atoms with Crippen LogP contribution >= 0.6 is 0 Å². The molecule has 0 aliphatic rings. The van der Waals surface area contributed by atoms with Gasteiger partial charge in [-0.2, -0.15) is 8.42 Å². The van der Waals surface area contributed by atoms with Gasteiger partial charge in [0, 0.05) is 0 Å². The topological polar surface area (TPSA) is 86.5 Å². The second kappa shape index (κ2) is 5.97. The molecule has 0 aliphatic heterocycles. The van der Waals surface area contributed by atoms with Crippen LogP contribution in [0.4, 0.5) is 0 Å². The Morgan fingerprint density at radius 2 is 1.71 bits per heavy atom. The minimum Gasteiger partial charge on any atom is -0.378 e. The summed E-state index contributed by atoms with van der Waals surface area (Å²) in [6.07, 6.45) is 0.811. The van der Waals surface area contributed by atoms with Gasteiger partial charge in [0.1, 0.15) is 4.90 Å². The lowest BCUT2D eigenvalue weighted by atomic mass is 10.2. The van der Waals surface area contributed by atoms with Crippen LogP contribution in [0.2, 0.25) is 0 Å². The van der Waals surface area contributed by atoms with E-state index in [-0.39, 0.29) is 16.2 Å². The number of primary amides is 1. The molecule has 2 aromatic carbocycles. The lowest BCUT2D eigenvalue weighted by Crippen LogP contribution is -2.16. The van der Waals surface area contributed by atoms with Crippen molar-refractivity contribution in [3.63, 3.8) is 0 Å². The van der Waals surface area contributed by atoms with Gasteiger partial charge in [0.25, 0.3) is 5.91 Å². The highest BCUT2D eigenvalue weighted by Crippen LogP contribution is 2.22. The molecule has 2 aromatic rings. The van der Waals surface area contributed by atoms with Crippen molar-refractivity contribution in [2.24, 2.45) is 5.73 Å². The minimum atomic E-state index is -4.00. The molecule has 2 N–H and O–H groups in total. The Bertz CT molecular complexity index is 751. The molecule has 0 fully saturated rings. The Balaban J connectivity index is 2.35. The Hall–Kier alpha value is -2.34. The van der Waals surface area contributed by atoms with Crippen LogP contribution < -0.4 is 9.92 Å². The molecule has 0 radical (unpaired) electrons. The van der Waals surface area contributed by atoms with E-state index >= 15 is 0 Å². The molecule has 5 nitrogen and oxygen atoms in total. The maximum atomic E-state index is 12.2. The normalized spacial score (nSPS) is 11.1. The molecular formula is C15H15NO4S. The molecule has 0 atom stereocenters. The average Bonchev–Trinajstić information content (AvgIpc) is 2.47. The van der Waals surface area contributed by atoms with E-state index in [1.807, 2.05) is 6.92 Å². The van der Waals surface area contributed by atoms with Crippen molar-refractivity contribution >= 4 is 16.0 Å². The molecule has 0 spiro atoms. The second-order valence-corrected chi connectivity index (χ2v) is 5.94. The fourth-order valence-corrected chi connectivity index (χ4v) is 2.75. The molecule has 110 valence electrons. The van der Waals surface area contributed by atoms with Crippen LogP contribution in [0.3, 0.4) is 0 Å². The first kappa shape index (κ1) is 15.1. The Kier molecular flexibility index (Phi) is 4.28. The van der Waals surface area contributed by atoms with Gasteiger partial charge in [-0.25, -0.2) is 0 Å². The summed E-state index contributed by atoms with van der Waals surface area (Å²) in [4.78, 5) is 11.3. The van der Waals surface area contributed by atoms with Gasteiger partial charge >= 0.3 is 10.1 Å². The number of carbonyl (C=O) groups excluding carboxylic acids is 1. The van der Waals surface area contributed by atoms with E-state index in [1.54, 1.807) is 24.3 Å². The first-order valence-electron chi connectivity index (χ1n) is 6.36. The summed E-state index contributed by atoms with van der Waals surface area (Å²) in [5.74, 6) is -0.827. The van der Waals surface area contributed by atoms with E-state index in [9.17, 15) is 13.2 Å². The van der Waals surface area contributed by atoms with Crippen LogP contribution in [0.1, 0.15) is 22.8 Å². The smallest absolute Gasteiger partial charge is 0.339 e. The summed E-state index contributed by atoms with van der Waals surface area (Å²) in [5, 5.41) is 0. The molecule has 0 aliphatic carbocycles. The first-order chi connectivity index (χ1) is 9.94. The van der Waals surface area contributed by atoms with Gasteiger partial charge in [0.05, 0.1) is 5.56 Å². The number of hydrogen-bond donors (Lipinski definition) is 1. The number of carbonyl (C=O) groups is 1. The van der Waals surface area contributed by atoms with Crippen LogP contribution in [-0.4, -0.2) is 14.3 Å². The molecule has 0 saturated carbocycles. The molecule has 0 aromatic heterocycles. The molecule has 0 bridgehead atoms. The van der Waals surface area contributed by atoms with E-state index in [1.165, 1.54) is 24.3 Å². The number of nitrogens with two attached hydrogens (primary N) is 1. The molecular weight excluding hydrogens is 290 g/mol. The van der Waals surface area contributed by atoms with E-state index in [2.05, 4.69) is 0 Å². The van der Waals surface area contributed by atoms with Crippen LogP contribution in [-0.2, 0) is 16.5 Å². The van der Waals surface area contributed by atoms with E-state index in [4.69, 9.17) is 9.92 Å². The first-order valence-corrected chi connectivity index (χ1v) is 7.77. The number of benzene rings is 2. The zero-order valence-corrected chi connectivity index (χ0v) is 12.3. The van der Waals surface area contributed by atoms with Crippen molar-refractivity contribution in [3.05, 3.63) is 59.7 Å². The zero-order chi connectivity index (χ0) is 15.5. The van der Waals surface area contributed by atoms with Crippen molar-refractivity contribution in [1.82, 2.24) is 0 Å². The Morgan fingerprint density at radius 3 is 2.29 bits per heavy atom. The van der Waals surface area contributed by atoms with Crippen LogP contribution in [0.15, 0.2) is 53.4 Å². The molecule has 6 heteroatoms. The van der Waals surface area contributed by atoms with Gasteiger partial charge in [0.2, 0.25) is 0 Å². The summed E-state index contributed by atoms with van der Waals surface area (Å²) < 4.78 is 29.4. The van der Waals surface area contributed by atoms with Crippen molar-refractivity contribution in [3.8, 4) is 5.75 Å². The van der Waals surface area contributed by atoms with Gasteiger partial charge in [0.15, 0.2) is 5.75 Å². The largest absolute Gasteiger partial charge is 0.378 e. The van der Waals surface area contributed by atoms with Crippen molar-refractivity contribution in [1.29, 1.82) is 0 Å². The van der Waals surface area contributed by atoms with E-state index < -0.39 is 16.0 Å². The van der Waals surface area contributed by atoms with Crippen LogP contribution in [0.5, 0.6) is 5.75 Å². The highest BCUT2D eigenvalue weighted by Gasteiger charge is 2.19. The predicted octanol–water partition coefficient (Wildman–Crippen LogP) is 2.12. The molecule has 2 rings (SSSR count). The molecule has 0 unspecified atom stereocenters. The number of para-hydroxylation sites is 1. The predicted molar refractivity (Wildman–Crippen MR) is 78.6 cm³/mol. The maximum absolute atomic E-state index is 12.2. The maximum Gasteiger partial charge on any atom is 0.339 e. The Morgan fingerprint density at radius 1 is 1.10 bits per heavy atom. The lowest BCUT2D eigenvalue weighted by Gasteiger charge is -2.10. The van der Waals surface area contributed by atoms with Crippen LogP contribution in [0, 0.1) is 0 Å². The average molecular weight is 305 g/mol. The zero-order valence-electron chi connectivity index (χ0n) is 11.4.